The van der Waals surface area contributed by atoms with Crippen LogP contribution in [0.5, 0.6) is 0 Å². The molecule has 1 aliphatic heterocycles. The lowest BCUT2D eigenvalue weighted by molar-refractivity contribution is -0.123. The smallest absolute Gasteiger partial charge is 0.373 e. The fourth-order valence-electron chi connectivity index (χ4n) is 2.46. The van der Waals surface area contributed by atoms with Crippen molar-refractivity contribution in [1.29, 1.82) is 0 Å². The predicted molar refractivity (Wildman–Crippen MR) is 91.4 cm³/mol. The number of esters is 1. The molecule has 0 saturated carbocycles. The Kier molecular flexibility index (Phi) is 9.95. The van der Waals surface area contributed by atoms with E-state index in [0.717, 1.165) is 0 Å². The second-order valence-electron chi connectivity index (χ2n) is 5.38. The molecule has 10 heteroatoms. The molecule has 1 amide bonds. The Labute approximate surface area is 152 Å². The fourth-order valence-corrected chi connectivity index (χ4v) is 2.46. The summed E-state index contributed by atoms with van der Waals surface area (Å²) in [6, 6.07) is 2.98. The van der Waals surface area contributed by atoms with E-state index in [1.54, 1.807) is 6.07 Å². The van der Waals surface area contributed by atoms with Gasteiger partial charge in [0.15, 0.2) is 0 Å². The van der Waals surface area contributed by atoms with Crippen LogP contribution in [0.15, 0.2) is 16.5 Å². The highest BCUT2D eigenvalue weighted by Crippen LogP contribution is 2.10. The molecule has 8 nitrogen and oxygen atoms in total. The molecule has 2 heterocycles. The average molecular weight is 384 g/mol. The lowest BCUT2D eigenvalue weighted by Gasteiger charge is -2.33. The molecule has 0 radical (unpaired) electrons. The van der Waals surface area contributed by atoms with Crippen LogP contribution in [0.25, 0.3) is 0 Å². The van der Waals surface area contributed by atoms with Crippen molar-refractivity contribution in [3.8, 4) is 0 Å². The zero-order chi connectivity index (χ0) is 16.1. The lowest BCUT2D eigenvalue weighted by Crippen LogP contribution is -2.51. The maximum atomic E-state index is 11.9. The number of β-amino-alcohol motifs (C(OH)–C–C–N with tert-alkyl or cyclic N) is 1. The summed E-state index contributed by atoms with van der Waals surface area (Å²) < 4.78 is 9.78. The molecule has 0 unspecified atom stereocenters. The summed E-state index contributed by atoms with van der Waals surface area (Å²) in [7, 11) is 1.27. The number of rotatable bonds is 5. The number of nitrogens with one attached hydrogen (secondary N) is 1. The molecule has 24 heavy (non-hydrogen) atoms. The SMILES string of the molecule is COC(=O)c1ccc(CNC(=O)CN2C[C@@H](N)C[C@@H](O)C2)o1.Cl.Cl. The quantitative estimate of drug-likeness (QED) is 0.608. The molecule has 1 fully saturated rings. The number of nitrogens with two attached hydrogens (primary N) is 1. The molecule has 4 N–H and O–H groups in total. The van der Waals surface area contributed by atoms with Crippen LogP contribution in [0.2, 0.25) is 0 Å². The molecule has 138 valence electrons. The zero-order valence-corrected chi connectivity index (χ0v) is 14.9. The summed E-state index contributed by atoms with van der Waals surface area (Å²) in [6.07, 6.45) is 0.0603. The van der Waals surface area contributed by atoms with Crippen LogP contribution in [0.4, 0.5) is 0 Å². The minimum absolute atomic E-state index is 0. The van der Waals surface area contributed by atoms with Gasteiger partial charge >= 0.3 is 5.97 Å². The fraction of sp³-hybridized carbons (Fsp3) is 0.571. The van der Waals surface area contributed by atoms with E-state index in [4.69, 9.17) is 10.2 Å². The van der Waals surface area contributed by atoms with Gasteiger partial charge < -0.3 is 25.3 Å². The number of likely N-dealkylation sites (tertiary alicyclic amines) is 1. The number of carbonyl (C=O) groups is 2. The standard InChI is InChI=1S/C14H21N3O5.2ClH/c1-21-14(20)12-3-2-11(22-12)5-16-13(19)8-17-6-9(15)4-10(18)7-17;;/h2-3,9-10,18H,4-8,15H2,1H3,(H,16,19);2*1H/t9-,10+;;/m0../s1. The van der Waals surface area contributed by atoms with E-state index < -0.39 is 12.1 Å². The number of hydrogen-bond acceptors (Lipinski definition) is 7. The third-order valence-corrected chi connectivity index (χ3v) is 3.41. The molecule has 1 aliphatic rings. The first-order chi connectivity index (χ1) is 10.5. The van der Waals surface area contributed by atoms with Gasteiger partial charge in [0.2, 0.25) is 11.7 Å². The van der Waals surface area contributed by atoms with E-state index in [1.807, 2.05) is 4.90 Å². The highest BCUT2D eigenvalue weighted by atomic mass is 35.5. The van der Waals surface area contributed by atoms with Gasteiger partial charge in [0.25, 0.3) is 0 Å². The minimum atomic E-state index is -0.561. The van der Waals surface area contributed by atoms with Gasteiger partial charge in [-0.05, 0) is 18.6 Å². The molecular formula is C14H23Cl2N3O5. The van der Waals surface area contributed by atoms with Gasteiger partial charge in [-0.2, -0.15) is 0 Å². The molecule has 1 saturated heterocycles. The summed E-state index contributed by atoms with van der Waals surface area (Å²) in [5, 5.41) is 12.3. The topological polar surface area (TPSA) is 118 Å². The predicted octanol–water partition coefficient (Wildman–Crippen LogP) is -0.0801. The Balaban J connectivity index is 0.00000264. The van der Waals surface area contributed by atoms with Crippen LogP contribution >= 0.6 is 24.8 Å². The molecule has 0 bridgehead atoms. The number of nitrogens with zero attached hydrogens (tertiary/aromatic N) is 1. The van der Waals surface area contributed by atoms with Crippen molar-refractivity contribution in [2.75, 3.05) is 26.7 Å². The molecule has 1 aromatic rings. The van der Waals surface area contributed by atoms with Crippen molar-refractivity contribution < 1.29 is 23.8 Å². The Bertz CT molecular complexity index is 530. The number of carbonyl (C=O) groups excluding carboxylic acids is 2. The van der Waals surface area contributed by atoms with E-state index in [0.29, 0.717) is 25.3 Å². The van der Waals surface area contributed by atoms with E-state index >= 15 is 0 Å². The van der Waals surface area contributed by atoms with Crippen LogP contribution in [0.1, 0.15) is 22.7 Å². The number of hydrogen-bond donors (Lipinski definition) is 3. The van der Waals surface area contributed by atoms with E-state index in [2.05, 4.69) is 10.1 Å². The second-order valence-corrected chi connectivity index (χ2v) is 5.38. The maximum Gasteiger partial charge on any atom is 0.373 e. The number of amides is 1. The summed E-state index contributed by atoms with van der Waals surface area (Å²) in [5.74, 6) is -0.202. The summed E-state index contributed by atoms with van der Waals surface area (Å²) >= 11 is 0. The van der Waals surface area contributed by atoms with Gasteiger partial charge in [0, 0.05) is 19.1 Å². The molecule has 2 atom stereocenters. The first-order valence-corrected chi connectivity index (χ1v) is 7.07. The zero-order valence-electron chi connectivity index (χ0n) is 13.3. The molecular weight excluding hydrogens is 361 g/mol. The van der Waals surface area contributed by atoms with E-state index in [-0.39, 0.29) is 55.6 Å². The van der Waals surface area contributed by atoms with Gasteiger partial charge in [-0.15, -0.1) is 24.8 Å². The first kappa shape index (κ1) is 22.7. The van der Waals surface area contributed by atoms with Gasteiger partial charge in [0.1, 0.15) is 5.76 Å². The number of aliphatic hydroxyl groups excluding tert-OH is 1. The number of aliphatic hydroxyl groups is 1. The minimum Gasteiger partial charge on any atom is -0.463 e. The Hall–Kier alpha value is -1.32. The third kappa shape index (κ3) is 6.66. The number of ether oxygens (including phenoxy) is 1. The highest BCUT2D eigenvalue weighted by molar-refractivity contribution is 5.86. The number of halogens is 2. The summed E-state index contributed by atoms with van der Waals surface area (Å²) in [4.78, 5) is 24.9. The van der Waals surface area contributed by atoms with Crippen LogP contribution in [-0.4, -0.2) is 60.8 Å². The van der Waals surface area contributed by atoms with Crippen LogP contribution in [-0.2, 0) is 16.1 Å². The molecule has 0 aromatic carbocycles. The largest absolute Gasteiger partial charge is 0.463 e. The Morgan fingerprint density at radius 1 is 1.42 bits per heavy atom. The van der Waals surface area contributed by atoms with Crippen molar-refractivity contribution >= 4 is 36.7 Å². The maximum absolute atomic E-state index is 11.9. The lowest BCUT2D eigenvalue weighted by atomic mass is 10.0. The summed E-state index contributed by atoms with van der Waals surface area (Å²) in [5.41, 5.74) is 5.81. The summed E-state index contributed by atoms with van der Waals surface area (Å²) in [6.45, 7) is 1.36. The monoisotopic (exact) mass is 383 g/mol. The Morgan fingerprint density at radius 2 is 2.12 bits per heavy atom. The van der Waals surface area contributed by atoms with Gasteiger partial charge in [-0.3, -0.25) is 9.69 Å². The number of piperidine rings is 1. The van der Waals surface area contributed by atoms with Crippen molar-refractivity contribution in [3.05, 3.63) is 23.7 Å². The van der Waals surface area contributed by atoms with Crippen LogP contribution in [0.3, 0.4) is 0 Å². The second kappa shape index (κ2) is 10.5. The normalized spacial score (nSPS) is 20.5. The van der Waals surface area contributed by atoms with E-state index in [9.17, 15) is 14.7 Å². The molecule has 1 aromatic heterocycles. The van der Waals surface area contributed by atoms with Crippen molar-refractivity contribution in [2.24, 2.45) is 5.73 Å². The first-order valence-electron chi connectivity index (χ1n) is 7.07. The van der Waals surface area contributed by atoms with Crippen molar-refractivity contribution in [2.45, 2.75) is 25.1 Å². The van der Waals surface area contributed by atoms with Gasteiger partial charge in [-0.1, -0.05) is 0 Å². The number of methoxy groups -OCH3 is 1. The number of furan rings is 1. The van der Waals surface area contributed by atoms with Crippen molar-refractivity contribution in [3.63, 3.8) is 0 Å². The molecule has 0 spiro atoms. The molecule has 2 rings (SSSR count). The van der Waals surface area contributed by atoms with Crippen molar-refractivity contribution in [1.82, 2.24) is 10.2 Å². The third-order valence-electron chi connectivity index (χ3n) is 3.41. The average Bonchev–Trinajstić information content (AvgIpc) is 2.92. The van der Waals surface area contributed by atoms with E-state index in [1.165, 1.54) is 13.2 Å². The Morgan fingerprint density at radius 3 is 2.75 bits per heavy atom. The van der Waals surface area contributed by atoms with Gasteiger partial charge in [0.05, 0.1) is 26.3 Å². The van der Waals surface area contributed by atoms with Gasteiger partial charge in [-0.25, -0.2) is 4.79 Å². The van der Waals surface area contributed by atoms with Crippen LogP contribution < -0.4 is 11.1 Å². The highest BCUT2D eigenvalue weighted by Gasteiger charge is 2.24. The molecule has 0 aliphatic carbocycles. The van der Waals surface area contributed by atoms with Crippen LogP contribution in [0, 0.1) is 0 Å².